The molecule has 7 nitrogen and oxygen atoms in total. The number of fused-ring (bicyclic) bond motifs is 1. The van der Waals surface area contributed by atoms with Crippen LogP contribution < -0.4 is 10.6 Å². The predicted octanol–water partition coefficient (Wildman–Crippen LogP) is 0.216. The Labute approximate surface area is 116 Å². The minimum Gasteiger partial charge on any atom is -0.324 e. The molecule has 7 heteroatoms. The fourth-order valence-electron chi connectivity index (χ4n) is 2.28. The van der Waals surface area contributed by atoms with Crippen LogP contribution in [-0.2, 0) is 17.8 Å². The summed E-state index contributed by atoms with van der Waals surface area (Å²) in [4.78, 5) is 19.9. The zero-order valence-electron chi connectivity index (χ0n) is 11.0. The Morgan fingerprint density at radius 1 is 1.50 bits per heavy atom. The van der Waals surface area contributed by atoms with Gasteiger partial charge in [-0.1, -0.05) is 0 Å². The van der Waals surface area contributed by atoms with Gasteiger partial charge in [-0.25, -0.2) is 9.67 Å². The highest BCUT2D eigenvalue weighted by Crippen LogP contribution is 2.11. The number of rotatable bonds is 4. The van der Waals surface area contributed by atoms with Crippen molar-refractivity contribution in [1.29, 1.82) is 0 Å². The molecule has 0 saturated heterocycles. The van der Waals surface area contributed by atoms with Crippen LogP contribution in [0.2, 0.25) is 0 Å². The molecule has 104 valence electrons. The number of nitrogens with one attached hydrogen (secondary N) is 2. The molecule has 0 spiro atoms. The van der Waals surface area contributed by atoms with Gasteiger partial charge < -0.3 is 10.6 Å². The molecule has 2 aromatic heterocycles. The van der Waals surface area contributed by atoms with E-state index in [1.807, 2.05) is 10.7 Å². The number of hydrogen-bond acceptors (Lipinski definition) is 5. The molecule has 1 aliphatic heterocycles. The summed E-state index contributed by atoms with van der Waals surface area (Å²) >= 11 is 0. The number of carbonyl (C=O) groups excluding carboxylic acids is 1. The average molecular weight is 272 g/mol. The third-order valence-electron chi connectivity index (χ3n) is 3.30. The van der Waals surface area contributed by atoms with Crippen molar-refractivity contribution < 1.29 is 4.79 Å². The second kappa shape index (κ2) is 5.79. The van der Waals surface area contributed by atoms with E-state index < -0.39 is 0 Å². The van der Waals surface area contributed by atoms with Crippen molar-refractivity contribution in [2.75, 3.05) is 11.9 Å². The summed E-state index contributed by atoms with van der Waals surface area (Å²) in [5.41, 5.74) is 0.710. The first-order valence-electron chi connectivity index (χ1n) is 6.61. The number of amides is 1. The van der Waals surface area contributed by atoms with E-state index in [4.69, 9.17) is 0 Å². The molecule has 20 heavy (non-hydrogen) atoms. The Morgan fingerprint density at radius 3 is 3.30 bits per heavy atom. The maximum Gasteiger partial charge on any atom is 0.238 e. The molecule has 2 aromatic rings. The fraction of sp³-hybridized carbons (Fsp3) is 0.385. The largest absolute Gasteiger partial charge is 0.324 e. The summed E-state index contributed by atoms with van der Waals surface area (Å²) in [5.74, 6) is 0.949. The maximum absolute atomic E-state index is 11.8. The van der Waals surface area contributed by atoms with Gasteiger partial charge in [0.2, 0.25) is 5.91 Å². The van der Waals surface area contributed by atoms with E-state index in [-0.39, 0.29) is 18.5 Å². The smallest absolute Gasteiger partial charge is 0.238 e. The van der Waals surface area contributed by atoms with Crippen molar-refractivity contribution in [3.8, 4) is 0 Å². The lowest BCUT2D eigenvalue weighted by Gasteiger charge is -2.23. The van der Waals surface area contributed by atoms with E-state index in [0.717, 1.165) is 25.2 Å². The second-order valence-electron chi connectivity index (χ2n) is 4.76. The van der Waals surface area contributed by atoms with Crippen LogP contribution >= 0.6 is 0 Å². The molecule has 2 N–H and O–H groups in total. The number of aryl methyl sites for hydroxylation is 1. The molecule has 3 heterocycles. The Bertz CT molecular complexity index is 582. The van der Waals surface area contributed by atoms with Gasteiger partial charge in [-0.05, 0) is 18.6 Å². The number of hydrogen-bond donors (Lipinski definition) is 2. The van der Waals surface area contributed by atoms with Crippen LogP contribution in [0.3, 0.4) is 0 Å². The lowest BCUT2D eigenvalue weighted by molar-refractivity contribution is -0.115. The van der Waals surface area contributed by atoms with Gasteiger partial charge in [0.05, 0.1) is 25.0 Å². The molecule has 0 aromatic carbocycles. The van der Waals surface area contributed by atoms with Crippen molar-refractivity contribution in [2.45, 2.75) is 25.4 Å². The Balaban J connectivity index is 1.47. The van der Waals surface area contributed by atoms with E-state index in [2.05, 4.69) is 25.7 Å². The normalized spacial score (nSPS) is 17.5. The molecular formula is C13H16N6O. The molecule has 1 aliphatic rings. The van der Waals surface area contributed by atoms with E-state index in [0.29, 0.717) is 5.69 Å². The quantitative estimate of drug-likeness (QED) is 0.831. The molecule has 3 rings (SSSR count). The van der Waals surface area contributed by atoms with Crippen molar-refractivity contribution in [3.05, 3.63) is 36.7 Å². The molecule has 0 aliphatic carbocycles. The summed E-state index contributed by atoms with van der Waals surface area (Å²) in [7, 11) is 0. The van der Waals surface area contributed by atoms with Gasteiger partial charge in [0, 0.05) is 18.7 Å². The van der Waals surface area contributed by atoms with Gasteiger partial charge in [0.25, 0.3) is 0 Å². The highest BCUT2D eigenvalue weighted by atomic mass is 16.1. The number of aromatic nitrogens is 4. The van der Waals surface area contributed by atoms with Gasteiger partial charge in [-0.3, -0.25) is 9.78 Å². The maximum atomic E-state index is 11.8. The number of anilines is 1. The third-order valence-corrected chi connectivity index (χ3v) is 3.30. The zero-order chi connectivity index (χ0) is 13.8. The molecular weight excluding hydrogens is 256 g/mol. The van der Waals surface area contributed by atoms with Crippen LogP contribution in [0.15, 0.2) is 30.9 Å². The third kappa shape index (κ3) is 3.00. The van der Waals surface area contributed by atoms with Crippen LogP contribution in [0.1, 0.15) is 12.2 Å². The van der Waals surface area contributed by atoms with Crippen molar-refractivity contribution in [2.24, 2.45) is 0 Å². The Kier molecular flexibility index (Phi) is 3.69. The second-order valence-corrected chi connectivity index (χ2v) is 4.76. The first-order chi connectivity index (χ1) is 9.81. The van der Waals surface area contributed by atoms with Crippen LogP contribution in [0.4, 0.5) is 5.69 Å². The van der Waals surface area contributed by atoms with Crippen LogP contribution in [0, 0.1) is 0 Å². The lowest BCUT2D eigenvalue weighted by Crippen LogP contribution is -2.41. The topological polar surface area (TPSA) is 84.7 Å². The van der Waals surface area contributed by atoms with E-state index in [1.165, 1.54) is 0 Å². The van der Waals surface area contributed by atoms with Crippen LogP contribution in [0.25, 0.3) is 0 Å². The van der Waals surface area contributed by atoms with E-state index in [1.54, 1.807) is 24.8 Å². The summed E-state index contributed by atoms with van der Waals surface area (Å²) in [5, 5.41) is 10.2. The molecule has 0 radical (unpaired) electrons. The van der Waals surface area contributed by atoms with Crippen molar-refractivity contribution >= 4 is 11.6 Å². The van der Waals surface area contributed by atoms with Crippen LogP contribution in [0.5, 0.6) is 0 Å². The molecule has 1 unspecified atom stereocenters. The van der Waals surface area contributed by atoms with Gasteiger partial charge in [-0.15, -0.1) is 0 Å². The summed E-state index contributed by atoms with van der Waals surface area (Å²) < 4.78 is 1.89. The standard InChI is InChI=1S/C13H16N6O/c20-13(18-10-2-1-5-14-6-10)7-15-11-3-4-12-16-9-17-19(12)8-11/h1-2,5-6,9,11,15H,3-4,7-8H2,(H,18,20). The number of pyridine rings is 1. The molecule has 1 amide bonds. The molecule has 0 fully saturated rings. The number of carbonyl (C=O) groups is 1. The lowest BCUT2D eigenvalue weighted by atomic mass is 10.1. The minimum atomic E-state index is -0.0672. The SMILES string of the molecule is O=C(CNC1CCc2ncnn2C1)Nc1cccnc1. The Morgan fingerprint density at radius 2 is 2.45 bits per heavy atom. The van der Waals surface area contributed by atoms with E-state index in [9.17, 15) is 4.79 Å². The van der Waals surface area contributed by atoms with Gasteiger partial charge in [0.15, 0.2) is 0 Å². The van der Waals surface area contributed by atoms with Crippen molar-refractivity contribution in [1.82, 2.24) is 25.1 Å². The molecule has 0 bridgehead atoms. The van der Waals surface area contributed by atoms with Gasteiger partial charge >= 0.3 is 0 Å². The zero-order valence-corrected chi connectivity index (χ0v) is 11.0. The van der Waals surface area contributed by atoms with E-state index >= 15 is 0 Å². The van der Waals surface area contributed by atoms with Crippen LogP contribution in [-0.4, -0.2) is 38.2 Å². The van der Waals surface area contributed by atoms with Crippen molar-refractivity contribution in [3.63, 3.8) is 0 Å². The number of nitrogens with zero attached hydrogens (tertiary/aromatic N) is 4. The molecule has 1 atom stereocenters. The Hall–Kier alpha value is -2.28. The summed E-state index contributed by atoms with van der Waals surface area (Å²) in [6.07, 6.45) is 6.74. The minimum absolute atomic E-state index is 0.0672. The monoisotopic (exact) mass is 272 g/mol. The summed E-state index contributed by atoms with van der Waals surface area (Å²) in [6.45, 7) is 1.04. The highest BCUT2D eigenvalue weighted by molar-refractivity contribution is 5.92. The molecule has 0 saturated carbocycles. The van der Waals surface area contributed by atoms with Gasteiger partial charge in [-0.2, -0.15) is 5.10 Å². The average Bonchev–Trinajstić information content (AvgIpc) is 2.93. The summed E-state index contributed by atoms with van der Waals surface area (Å²) in [6, 6.07) is 3.85. The predicted molar refractivity (Wildman–Crippen MR) is 73.0 cm³/mol. The first kappa shape index (κ1) is 12.7. The van der Waals surface area contributed by atoms with Gasteiger partial charge in [0.1, 0.15) is 12.2 Å². The first-order valence-corrected chi connectivity index (χ1v) is 6.61. The fourth-order valence-corrected chi connectivity index (χ4v) is 2.28. The highest BCUT2D eigenvalue weighted by Gasteiger charge is 2.19.